The zero-order valence-corrected chi connectivity index (χ0v) is 16.0. The predicted octanol–water partition coefficient (Wildman–Crippen LogP) is 3.42. The van der Waals surface area contributed by atoms with Crippen LogP contribution in [0.4, 0.5) is 0 Å². The van der Waals surface area contributed by atoms with E-state index in [9.17, 15) is 24.3 Å². The lowest BCUT2D eigenvalue weighted by molar-refractivity contribution is 0.0991. The number of hydrogen-bond acceptors (Lipinski definition) is 6. The lowest BCUT2D eigenvalue weighted by Crippen LogP contribution is -2.20. The second-order valence-corrected chi connectivity index (χ2v) is 7.04. The number of aromatic hydroxyl groups is 1. The van der Waals surface area contributed by atoms with Gasteiger partial charge < -0.3 is 9.84 Å². The average Bonchev–Trinajstić information content (AvgIpc) is 2.67. The van der Waals surface area contributed by atoms with Crippen molar-refractivity contribution in [2.75, 3.05) is 7.11 Å². The summed E-state index contributed by atoms with van der Waals surface area (Å²) in [6.07, 6.45) is 3.36. The third-order valence-electron chi connectivity index (χ3n) is 5.14. The van der Waals surface area contributed by atoms with Crippen LogP contribution in [0.3, 0.4) is 0 Å². The van der Waals surface area contributed by atoms with E-state index in [1.165, 1.54) is 13.2 Å². The summed E-state index contributed by atoms with van der Waals surface area (Å²) in [5.41, 5.74) is 1.44. The van der Waals surface area contributed by atoms with Crippen LogP contribution in [-0.4, -0.2) is 35.3 Å². The molecule has 1 N–H and O–H groups in total. The van der Waals surface area contributed by atoms with Crippen LogP contribution in [0.25, 0.3) is 5.57 Å². The molecule has 0 atom stereocenters. The van der Waals surface area contributed by atoms with Gasteiger partial charge in [0.1, 0.15) is 11.5 Å². The van der Waals surface area contributed by atoms with Gasteiger partial charge in [-0.1, -0.05) is 0 Å². The third kappa shape index (κ3) is 2.64. The van der Waals surface area contributed by atoms with Crippen molar-refractivity contribution in [1.29, 1.82) is 0 Å². The number of Topliss-reactive ketones (excluding diaryl/α,β-unsaturated/α-hetero) is 1. The zero-order chi connectivity index (χ0) is 21.0. The Kier molecular flexibility index (Phi) is 4.08. The molecule has 0 bridgehead atoms. The van der Waals surface area contributed by atoms with Crippen LogP contribution >= 0.6 is 0 Å². The van der Waals surface area contributed by atoms with Crippen molar-refractivity contribution in [3.8, 4) is 11.5 Å². The second kappa shape index (κ2) is 6.38. The van der Waals surface area contributed by atoms with Crippen LogP contribution in [-0.2, 0) is 0 Å². The van der Waals surface area contributed by atoms with E-state index in [0.29, 0.717) is 11.3 Å². The van der Waals surface area contributed by atoms with Crippen LogP contribution in [0.5, 0.6) is 11.5 Å². The summed E-state index contributed by atoms with van der Waals surface area (Å²) in [5, 5.41) is 10.8. The Hall–Kier alpha value is -3.80. The number of allylic oxidation sites excluding steroid dienone is 4. The molecule has 0 aromatic heterocycles. The minimum Gasteiger partial charge on any atom is -0.506 e. The quantitative estimate of drug-likeness (QED) is 0.847. The first-order valence-electron chi connectivity index (χ1n) is 8.87. The Balaban J connectivity index is 1.97. The Morgan fingerprint density at radius 3 is 2.17 bits per heavy atom. The number of carbonyl (C=O) groups is 4. The van der Waals surface area contributed by atoms with E-state index in [-0.39, 0.29) is 33.4 Å². The Labute approximate surface area is 166 Å². The summed E-state index contributed by atoms with van der Waals surface area (Å²) in [4.78, 5) is 50.5. The highest BCUT2D eigenvalue weighted by Crippen LogP contribution is 2.41. The molecular weight excluding hydrogens is 372 g/mol. The minimum absolute atomic E-state index is 0.0252. The molecule has 2 aliphatic rings. The van der Waals surface area contributed by atoms with Gasteiger partial charge in [-0.2, -0.15) is 0 Å². The number of hydrogen-bond donors (Lipinski definition) is 1. The van der Waals surface area contributed by atoms with Gasteiger partial charge >= 0.3 is 0 Å². The fourth-order valence-electron chi connectivity index (χ4n) is 3.86. The molecule has 0 spiro atoms. The average molecular weight is 388 g/mol. The van der Waals surface area contributed by atoms with E-state index in [1.807, 2.05) is 0 Å². The molecule has 2 aliphatic carbocycles. The van der Waals surface area contributed by atoms with Gasteiger partial charge in [-0.25, -0.2) is 0 Å². The second-order valence-electron chi connectivity index (χ2n) is 7.04. The van der Waals surface area contributed by atoms with Crippen molar-refractivity contribution in [2.24, 2.45) is 0 Å². The maximum absolute atomic E-state index is 13.2. The van der Waals surface area contributed by atoms with Crippen molar-refractivity contribution in [2.45, 2.75) is 13.8 Å². The molecule has 29 heavy (non-hydrogen) atoms. The number of ether oxygens (including phenoxy) is 1. The normalized spacial score (nSPS) is 15.2. The summed E-state index contributed by atoms with van der Waals surface area (Å²) < 4.78 is 5.26. The van der Waals surface area contributed by atoms with E-state index < -0.39 is 28.9 Å². The first-order valence-corrected chi connectivity index (χ1v) is 8.87. The molecule has 144 valence electrons. The number of benzene rings is 2. The van der Waals surface area contributed by atoms with Gasteiger partial charge in [0.25, 0.3) is 0 Å². The Morgan fingerprint density at radius 2 is 1.48 bits per heavy atom. The first-order chi connectivity index (χ1) is 13.7. The molecule has 0 saturated carbocycles. The number of aryl methyl sites for hydroxylation is 2. The zero-order valence-electron chi connectivity index (χ0n) is 16.0. The van der Waals surface area contributed by atoms with E-state index in [4.69, 9.17) is 4.74 Å². The lowest BCUT2D eigenvalue weighted by Gasteiger charge is -2.22. The topological polar surface area (TPSA) is 97.7 Å². The van der Waals surface area contributed by atoms with E-state index in [1.54, 1.807) is 26.0 Å². The SMILES string of the molecule is COc1cc(C)cc2c1C(=O)C=C(c1c(C)cc3c(c1O)C(=O)C=CC3=O)C2=O. The van der Waals surface area contributed by atoms with Crippen LogP contribution in [0, 0.1) is 13.8 Å². The molecule has 0 saturated heterocycles. The molecule has 0 aliphatic heterocycles. The minimum atomic E-state index is -0.536. The van der Waals surface area contributed by atoms with Crippen molar-refractivity contribution in [3.05, 3.63) is 75.4 Å². The van der Waals surface area contributed by atoms with Crippen molar-refractivity contribution < 1.29 is 29.0 Å². The highest BCUT2D eigenvalue weighted by molar-refractivity contribution is 6.40. The summed E-state index contributed by atoms with van der Waals surface area (Å²) in [7, 11) is 1.42. The monoisotopic (exact) mass is 388 g/mol. The standard InChI is InChI=1S/C23H16O6/c1-10-6-13-20(18(7-10)29-3)17(26)9-14(22(13)27)19-11(2)8-12-15(24)4-5-16(25)21(12)23(19)28/h4-9,28H,1-3H3. The van der Waals surface area contributed by atoms with Crippen molar-refractivity contribution in [1.82, 2.24) is 0 Å². The molecule has 0 amide bonds. The maximum atomic E-state index is 13.2. The van der Waals surface area contributed by atoms with Gasteiger partial charge in [0.15, 0.2) is 23.1 Å². The van der Waals surface area contributed by atoms with Crippen LogP contribution in [0.2, 0.25) is 0 Å². The van der Waals surface area contributed by atoms with Crippen LogP contribution in [0.1, 0.15) is 58.1 Å². The fourth-order valence-corrected chi connectivity index (χ4v) is 3.86. The summed E-state index contributed by atoms with van der Waals surface area (Å²) in [5.74, 6) is -2.03. The predicted molar refractivity (Wildman–Crippen MR) is 105 cm³/mol. The van der Waals surface area contributed by atoms with Gasteiger partial charge in [0.05, 0.1) is 18.2 Å². The summed E-state index contributed by atoms with van der Waals surface area (Å²) in [6, 6.07) is 4.72. The number of phenols is 1. The number of ketones is 4. The van der Waals surface area contributed by atoms with Crippen molar-refractivity contribution >= 4 is 28.7 Å². The Bertz CT molecular complexity index is 1230. The molecule has 0 radical (unpaired) electrons. The molecule has 2 aromatic rings. The maximum Gasteiger partial charge on any atom is 0.194 e. The van der Waals surface area contributed by atoms with E-state index >= 15 is 0 Å². The lowest BCUT2D eigenvalue weighted by atomic mass is 9.80. The van der Waals surface area contributed by atoms with E-state index in [0.717, 1.165) is 23.8 Å². The van der Waals surface area contributed by atoms with E-state index in [2.05, 4.69) is 0 Å². The summed E-state index contributed by atoms with van der Waals surface area (Å²) in [6.45, 7) is 3.38. The number of carbonyl (C=O) groups excluding carboxylic acids is 4. The smallest absolute Gasteiger partial charge is 0.194 e. The van der Waals surface area contributed by atoms with Gasteiger partial charge in [-0.15, -0.1) is 0 Å². The molecule has 0 fully saturated rings. The largest absolute Gasteiger partial charge is 0.506 e. The molecule has 2 aromatic carbocycles. The van der Waals surface area contributed by atoms with Crippen molar-refractivity contribution in [3.63, 3.8) is 0 Å². The molecule has 4 rings (SSSR count). The molecule has 6 heteroatoms. The number of fused-ring (bicyclic) bond motifs is 2. The van der Waals surface area contributed by atoms with Crippen LogP contribution in [0.15, 0.2) is 36.4 Å². The fraction of sp³-hybridized carbons (Fsp3) is 0.130. The molecule has 0 heterocycles. The number of methoxy groups -OCH3 is 1. The van der Waals surface area contributed by atoms with Gasteiger partial charge in [-0.3, -0.25) is 19.2 Å². The number of phenolic OH excluding ortho intramolecular Hbond substituents is 1. The first kappa shape index (κ1) is 18.6. The van der Waals surface area contributed by atoms with Crippen LogP contribution < -0.4 is 4.74 Å². The molecule has 0 unspecified atom stereocenters. The Morgan fingerprint density at radius 1 is 0.793 bits per heavy atom. The number of rotatable bonds is 2. The van der Waals surface area contributed by atoms with Gasteiger partial charge in [0.2, 0.25) is 0 Å². The van der Waals surface area contributed by atoms with Gasteiger partial charge in [-0.05, 0) is 61.4 Å². The van der Waals surface area contributed by atoms with Gasteiger partial charge in [0, 0.05) is 22.3 Å². The summed E-state index contributed by atoms with van der Waals surface area (Å²) >= 11 is 0. The highest BCUT2D eigenvalue weighted by atomic mass is 16.5. The molecular formula is C23H16O6. The highest BCUT2D eigenvalue weighted by Gasteiger charge is 2.34. The molecule has 6 nitrogen and oxygen atoms in total. The third-order valence-corrected chi connectivity index (χ3v) is 5.14.